The maximum atomic E-state index is 9.55. The Labute approximate surface area is 133 Å². The Morgan fingerprint density at radius 2 is 1.10 bits per heavy atom. The molecule has 0 radical (unpaired) electrons. The quantitative estimate of drug-likeness (QED) is 0.324. The van der Waals surface area contributed by atoms with Crippen LogP contribution < -0.4 is 5.32 Å². The molecule has 0 saturated carbocycles. The summed E-state index contributed by atoms with van der Waals surface area (Å²) < 4.78 is 0. The number of aliphatic hydroxyl groups excluding tert-OH is 2. The Morgan fingerprint density at radius 1 is 0.714 bits per heavy atom. The average molecular weight is 304 g/mol. The molecule has 0 heterocycles. The first-order valence-electron chi connectivity index (χ1n) is 9.25. The van der Waals surface area contributed by atoms with Gasteiger partial charge in [-0.3, -0.25) is 5.32 Å². The molecule has 0 fully saturated rings. The molecule has 0 aromatic rings. The number of nitrogens with one attached hydrogen (secondary N) is 1. The van der Waals surface area contributed by atoms with Crippen molar-refractivity contribution in [2.45, 2.75) is 110 Å². The van der Waals surface area contributed by atoms with Crippen molar-refractivity contribution in [1.82, 2.24) is 5.32 Å². The topological polar surface area (TPSA) is 52.5 Å². The highest BCUT2D eigenvalue weighted by Crippen LogP contribution is 2.12. The van der Waals surface area contributed by atoms with E-state index in [0.717, 1.165) is 6.42 Å². The minimum atomic E-state index is -0.775. The monoisotopic (exact) mass is 303 g/mol. The number of unbranched alkanes of at least 4 members (excludes halogenated alkanes) is 10. The van der Waals surface area contributed by atoms with Crippen molar-refractivity contribution in [3.63, 3.8) is 0 Å². The molecule has 3 heteroatoms. The third-order valence-electron chi connectivity index (χ3n) is 3.76. The van der Waals surface area contributed by atoms with Gasteiger partial charge in [0.05, 0.1) is 6.10 Å². The largest absolute Gasteiger partial charge is 0.389 e. The number of hydrogen-bond donors (Lipinski definition) is 3. The van der Waals surface area contributed by atoms with E-state index in [0.29, 0.717) is 6.42 Å². The van der Waals surface area contributed by atoms with Crippen LogP contribution in [0, 0.1) is 0 Å². The fraction of sp³-hybridized carbons (Fsp3) is 1.00. The van der Waals surface area contributed by atoms with E-state index in [4.69, 9.17) is 0 Å². The lowest BCUT2D eigenvalue weighted by Crippen LogP contribution is -2.37. The number of likely N-dealkylation sites (N-methyl/N-ethyl adjacent to an activating group) is 1. The van der Waals surface area contributed by atoms with Crippen molar-refractivity contribution >= 4 is 0 Å². The van der Waals surface area contributed by atoms with E-state index in [1.807, 2.05) is 13.8 Å². The summed E-state index contributed by atoms with van der Waals surface area (Å²) in [7, 11) is 1.66. The van der Waals surface area contributed by atoms with Gasteiger partial charge in [0.2, 0.25) is 0 Å². The van der Waals surface area contributed by atoms with Crippen molar-refractivity contribution in [3.8, 4) is 0 Å². The van der Waals surface area contributed by atoms with Gasteiger partial charge in [0.15, 0.2) is 0 Å². The summed E-state index contributed by atoms with van der Waals surface area (Å²) in [5, 5.41) is 21.5. The standard InChI is InChI=1S/C16H35NO2.C2H6/c1-3-4-5-6-7-8-9-10-11-12-13-14-15(18)16(19)17-2;1-2/h15-19H,3-14H2,1-2H3;1-2H3. The molecule has 2 atom stereocenters. The SMILES string of the molecule is CC.CCCCCCCCCCCCCC(O)C(O)NC. The molecule has 0 aliphatic rings. The van der Waals surface area contributed by atoms with E-state index in [1.165, 1.54) is 64.2 Å². The molecule has 0 spiro atoms. The molecule has 3 N–H and O–H groups in total. The van der Waals surface area contributed by atoms with E-state index in [9.17, 15) is 10.2 Å². The molecule has 0 aromatic heterocycles. The van der Waals surface area contributed by atoms with E-state index in [-0.39, 0.29) is 0 Å². The summed E-state index contributed by atoms with van der Waals surface area (Å²) in [4.78, 5) is 0. The normalized spacial score (nSPS) is 13.4. The molecule has 21 heavy (non-hydrogen) atoms. The van der Waals surface area contributed by atoms with Gasteiger partial charge >= 0.3 is 0 Å². The van der Waals surface area contributed by atoms with Crippen molar-refractivity contribution in [2.24, 2.45) is 0 Å². The summed E-state index contributed by atoms with van der Waals surface area (Å²) in [5.41, 5.74) is 0. The Morgan fingerprint density at radius 3 is 1.48 bits per heavy atom. The fourth-order valence-corrected chi connectivity index (χ4v) is 2.37. The first kappa shape index (κ1) is 23.2. The van der Waals surface area contributed by atoms with Crippen molar-refractivity contribution in [1.29, 1.82) is 0 Å². The Kier molecular flexibility index (Phi) is 21.9. The van der Waals surface area contributed by atoms with Gasteiger partial charge in [0.25, 0.3) is 0 Å². The van der Waals surface area contributed by atoms with Crippen LogP contribution in [0.25, 0.3) is 0 Å². The van der Waals surface area contributed by atoms with Gasteiger partial charge < -0.3 is 10.2 Å². The predicted octanol–water partition coefficient (Wildman–Crippen LogP) is 4.61. The zero-order valence-electron chi connectivity index (χ0n) is 15.0. The summed E-state index contributed by atoms with van der Waals surface area (Å²) >= 11 is 0. The molecule has 2 unspecified atom stereocenters. The van der Waals surface area contributed by atoms with Crippen LogP contribution in [-0.2, 0) is 0 Å². The van der Waals surface area contributed by atoms with Gasteiger partial charge in [-0.1, -0.05) is 91.4 Å². The second-order valence-corrected chi connectivity index (χ2v) is 5.63. The second-order valence-electron chi connectivity index (χ2n) is 5.63. The maximum Gasteiger partial charge on any atom is 0.130 e. The zero-order chi connectivity index (χ0) is 16.3. The van der Waals surface area contributed by atoms with E-state index in [2.05, 4.69) is 12.2 Å². The molecule has 0 aromatic carbocycles. The van der Waals surface area contributed by atoms with Crippen LogP contribution in [0.3, 0.4) is 0 Å². The summed E-state index contributed by atoms with van der Waals surface area (Å²) in [5.74, 6) is 0. The molecular formula is C18H41NO2. The lowest BCUT2D eigenvalue weighted by molar-refractivity contribution is -0.00252. The van der Waals surface area contributed by atoms with Crippen molar-refractivity contribution in [2.75, 3.05) is 7.05 Å². The first-order valence-corrected chi connectivity index (χ1v) is 9.25. The number of rotatable bonds is 14. The molecule has 3 nitrogen and oxygen atoms in total. The lowest BCUT2D eigenvalue weighted by Gasteiger charge is -2.16. The van der Waals surface area contributed by atoms with Gasteiger partial charge in [-0.2, -0.15) is 0 Å². The average Bonchev–Trinajstić information content (AvgIpc) is 2.53. The highest BCUT2D eigenvalue weighted by atomic mass is 16.3. The van der Waals surface area contributed by atoms with Crippen LogP contribution in [0.2, 0.25) is 0 Å². The van der Waals surface area contributed by atoms with Crippen LogP contribution in [0.4, 0.5) is 0 Å². The Balaban J connectivity index is 0. The van der Waals surface area contributed by atoms with Gasteiger partial charge in [-0.25, -0.2) is 0 Å². The van der Waals surface area contributed by atoms with Crippen LogP contribution in [0.1, 0.15) is 97.8 Å². The lowest BCUT2D eigenvalue weighted by atomic mass is 10.0. The van der Waals surface area contributed by atoms with E-state index in [1.54, 1.807) is 7.05 Å². The first-order chi connectivity index (χ1) is 10.2. The van der Waals surface area contributed by atoms with Gasteiger partial charge in [-0.15, -0.1) is 0 Å². The molecule has 0 amide bonds. The van der Waals surface area contributed by atoms with Crippen molar-refractivity contribution < 1.29 is 10.2 Å². The highest BCUT2D eigenvalue weighted by molar-refractivity contribution is 4.62. The summed E-state index contributed by atoms with van der Waals surface area (Å²) in [6.45, 7) is 6.26. The third kappa shape index (κ3) is 17.8. The number of aliphatic hydroxyl groups is 2. The minimum Gasteiger partial charge on any atom is -0.389 e. The molecule has 0 bridgehead atoms. The third-order valence-corrected chi connectivity index (χ3v) is 3.76. The van der Waals surface area contributed by atoms with Crippen molar-refractivity contribution in [3.05, 3.63) is 0 Å². The van der Waals surface area contributed by atoms with Gasteiger partial charge in [0, 0.05) is 0 Å². The predicted molar refractivity (Wildman–Crippen MR) is 93.5 cm³/mol. The number of hydrogen-bond acceptors (Lipinski definition) is 3. The Hall–Kier alpha value is -0.120. The van der Waals surface area contributed by atoms with Gasteiger partial charge in [-0.05, 0) is 13.5 Å². The molecule has 0 rings (SSSR count). The zero-order valence-corrected chi connectivity index (χ0v) is 15.0. The smallest absolute Gasteiger partial charge is 0.130 e. The van der Waals surface area contributed by atoms with Crippen LogP contribution in [0.15, 0.2) is 0 Å². The molecular weight excluding hydrogens is 262 g/mol. The summed E-state index contributed by atoms with van der Waals surface area (Å²) in [6, 6.07) is 0. The molecule has 0 aliphatic carbocycles. The van der Waals surface area contributed by atoms with Crippen LogP contribution >= 0.6 is 0 Å². The van der Waals surface area contributed by atoms with Crippen LogP contribution in [-0.4, -0.2) is 29.6 Å². The summed E-state index contributed by atoms with van der Waals surface area (Å²) in [6.07, 6.45) is 13.7. The van der Waals surface area contributed by atoms with E-state index >= 15 is 0 Å². The minimum absolute atomic E-state index is 0.622. The Bertz CT molecular complexity index is 177. The fourth-order valence-electron chi connectivity index (χ4n) is 2.37. The highest BCUT2D eigenvalue weighted by Gasteiger charge is 2.12. The maximum absolute atomic E-state index is 9.55. The van der Waals surface area contributed by atoms with E-state index < -0.39 is 12.3 Å². The molecule has 0 saturated heterocycles. The van der Waals surface area contributed by atoms with Gasteiger partial charge in [0.1, 0.15) is 6.23 Å². The second kappa shape index (κ2) is 19.9. The molecule has 0 aliphatic heterocycles. The van der Waals surface area contributed by atoms with Crippen LogP contribution in [0.5, 0.6) is 0 Å². The molecule has 130 valence electrons.